The summed E-state index contributed by atoms with van der Waals surface area (Å²) in [5, 5.41) is 0. The van der Waals surface area contributed by atoms with Crippen LogP contribution in [-0.2, 0) is 21.6 Å². The first-order valence-corrected chi connectivity index (χ1v) is 11.9. The molecule has 1 aliphatic rings. The van der Waals surface area contributed by atoms with Crippen molar-refractivity contribution in [3.8, 4) is 11.1 Å². The molecule has 3 aromatic rings. The topological polar surface area (TPSA) is 9.23 Å². The molecule has 0 saturated heterocycles. The molecule has 30 heavy (non-hydrogen) atoms. The normalized spacial score (nSPS) is 12.7. The smallest absolute Gasteiger partial charge is 1.00 e. The van der Waals surface area contributed by atoms with Crippen LogP contribution in [0.15, 0.2) is 96.1 Å². The van der Waals surface area contributed by atoms with E-state index in [0.29, 0.717) is 0 Å². The summed E-state index contributed by atoms with van der Waals surface area (Å²) in [6.07, 6.45) is 3.39. The van der Waals surface area contributed by atoms with Gasteiger partial charge in [-0.2, -0.15) is 0 Å². The van der Waals surface area contributed by atoms with Crippen LogP contribution < -0.4 is 32.6 Å². The van der Waals surface area contributed by atoms with Gasteiger partial charge in [0.25, 0.3) is 0 Å². The molecule has 0 saturated carbocycles. The molecule has 0 spiro atoms. The summed E-state index contributed by atoms with van der Waals surface area (Å²) in [6, 6.07) is 28.3. The van der Waals surface area contributed by atoms with Gasteiger partial charge in [0, 0.05) is 0 Å². The monoisotopic (exact) mass is 471 g/mol. The third kappa shape index (κ3) is 4.99. The van der Waals surface area contributed by atoms with E-state index in [1.54, 1.807) is 0 Å². The Morgan fingerprint density at radius 3 is 1.87 bits per heavy atom. The van der Waals surface area contributed by atoms with E-state index in [0.717, 1.165) is 6.42 Å². The minimum absolute atomic E-state index is 0. The van der Waals surface area contributed by atoms with Crippen molar-refractivity contribution in [2.45, 2.75) is 20.3 Å². The second-order valence-corrected chi connectivity index (χ2v) is 10.7. The molecule has 0 N–H and O–H groups in total. The first kappa shape index (κ1) is 24.7. The molecule has 1 nitrogen and oxygen atoms in total. The molecular formula is C26H25Cl2OTi. The number of hydrogen-bond acceptors (Lipinski definition) is 1. The van der Waals surface area contributed by atoms with Crippen LogP contribution in [0.3, 0.4) is 0 Å². The van der Waals surface area contributed by atoms with Crippen molar-refractivity contribution in [2.75, 3.05) is 7.11 Å². The number of halogens is 2. The molecule has 0 aromatic heterocycles. The maximum Gasteiger partial charge on any atom is -1.00 e. The number of rotatable bonds is 5. The van der Waals surface area contributed by atoms with Crippen molar-refractivity contribution in [3.05, 3.63) is 102 Å². The molecule has 0 amide bonds. The van der Waals surface area contributed by atoms with Gasteiger partial charge in [0.15, 0.2) is 0 Å². The Morgan fingerprint density at radius 2 is 1.27 bits per heavy atom. The average Bonchev–Trinajstić information content (AvgIpc) is 3.08. The second kappa shape index (κ2) is 11.1. The first-order valence-electron chi connectivity index (χ1n) is 9.71. The van der Waals surface area contributed by atoms with Gasteiger partial charge in [0.1, 0.15) is 0 Å². The average molecular weight is 472 g/mol. The second-order valence-electron chi connectivity index (χ2n) is 7.30. The first-order chi connectivity index (χ1) is 13.7. The Bertz CT molecular complexity index is 1060. The fourth-order valence-corrected chi connectivity index (χ4v) is 7.00. The number of hydrogen-bond donors (Lipinski definition) is 0. The van der Waals surface area contributed by atoms with Crippen molar-refractivity contribution in [2.24, 2.45) is 0 Å². The number of allylic oxidation sites excluding steroid dienone is 4. The van der Waals surface area contributed by atoms with E-state index >= 15 is 0 Å². The van der Waals surface area contributed by atoms with E-state index in [4.69, 9.17) is 3.32 Å². The van der Waals surface area contributed by atoms with Crippen LogP contribution >= 0.6 is 0 Å². The van der Waals surface area contributed by atoms with Crippen molar-refractivity contribution < 1.29 is 46.4 Å². The molecule has 0 radical (unpaired) electrons. The van der Waals surface area contributed by atoms with E-state index in [2.05, 4.69) is 98.8 Å². The van der Waals surface area contributed by atoms with Crippen LogP contribution in [-0.4, -0.2) is 7.11 Å². The van der Waals surface area contributed by atoms with Gasteiger partial charge in [0.2, 0.25) is 0 Å². The summed E-state index contributed by atoms with van der Waals surface area (Å²) in [7, 11) is 1.86. The Labute approximate surface area is 199 Å². The van der Waals surface area contributed by atoms with Gasteiger partial charge in [-0.25, -0.2) is 0 Å². The summed E-state index contributed by atoms with van der Waals surface area (Å²) in [5.41, 5.74) is 8.24. The van der Waals surface area contributed by atoms with Crippen molar-refractivity contribution in [3.63, 3.8) is 0 Å². The molecule has 0 fully saturated rings. The summed E-state index contributed by atoms with van der Waals surface area (Å²) in [6.45, 7) is 4.45. The summed E-state index contributed by atoms with van der Waals surface area (Å²) >= 11 is -2.08. The zero-order valence-electron chi connectivity index (χ0n) is 17.5. The van der Waals surface area contributed by atoms with E-state index in [-0.39, 0.29) is 24.8 Å². The van der Waals surface area contributed by atoms with Crippen LogP contribution in [0.1, 0.15) is 25.8 Å². The van der Waals surface area contributed by atoms with E-state index in [1.165, 1.54) is 41.1 Å². The van der Waals surface area contributed by atoms with Crippen molar-refractivity contribution in [1.29, 1.82) is 0 Å². The van der Waals surface area contributed by atoms with Gasteiger partial charge in [0.05, 0.1) is 0 Å². The van der Waals surface area contributed by atoms with E-state index in [9.17, 15) is 0 Å². The van der Waals surface area contributed by atoms with E-state index < -0.39 is 18.3 Å². The van der Waals surface area contributed by atoms with Gasteiger partial charge < -0.3 is 24.8 Å². The zero-order valence-corrected chi connectivity index (χ0v) is 20.5. The molecule has 0 atom stereocenters. The SMILES string of the molecule is C[O][Ti+2]([c]1ccccc1)[c]1ccccc1-c1ccccc1C1=CC(C)=C(C)C1.[Cl-].[Cl-]. The Hall–Kier alpha value is -1.61. The van der Waals surface area contributed by atoms with Gasteiger partial charge in [-0.05, 0) is 0 Å². The van der Waals surface area contributed by atoms with Gasteiger partial charge in [-0.1, -0.05) is 0 Å². The van der Waals surface area contributed by atoms with E-state index in [1.807, 2.05) is 7.11 Å². The summed E-state index contributed by atoms with van der Waals surface area (Å²) < 4.78 is 8.83. The third-order valence-electron chi connectivity index (χ3n) is 5.49. The van der Waals surface area contributed by atoms with Gasteiger partial charge >= 0.3 is 175 Å². The maximum atomic E-state index is 6.13. The summed E-state index contributed by atoms with van der Waals surface area (Å²) in [4.78, 5) is 0. The fourth-order valence-electron chi connectivity index (χ4n) is 3.92. The molecule has 0 bridgehead atoms. The minimum Gasteiger partial charge on any atom is -1.00 e. The predicted molar refractivity (Wildman–Crippen MR) is 116 cm³/mol. The van der Waals surface area contributed by atoms with Crippen LogP contribution in [0.2, 0.25) is 0 Å². The fraction of sp³-hybridized carbons (Fsp3) is 0.154. The molecule has 4 heteroatoms. The van der Waals surface area contributed by atoms with Crippen molar-refractivity contribution >= 4 is 13.3 Å². The molecule has 153 valence electrons. The standard InChI is InChI=1S/C19H17.C6H5.CH3O.2ClH.Ti/c1-14-12-17(13-15(14)2)19-11-7-6-10-18(19)16-8-4-3-5-9-16;1-2-4-6-5-3-1;1-2;;;/h3-8,10-12H,13H2,1-2H3;1-5H;1H3;2*1H;/q;;-1;;;+3/p-2. The number of benzene rings is 3. The van der Waals surface area contributed by atoms with Crippen LogP contribution in [0.4, 0.5) is 0 Å². The van der Waals surface area contributed by atoms with Crippen LogP contribution in [0, 0.1) is 0 Å². The molecule has 4 rings (SSSR count). The van der Waals surface area contributed by atoms with Crippen LogP contribution in [0.5, 0.6) is 0 Å². The predicted octanol–water partition coefficient (Wildman–Crippen LogP) is -0.384. The molecule has 0 aliphatic heterocycles. The Balaban J connectivity index is 0.00000160. The molecule has 3 aromatic carbocycles. The quantitative estimate of drug-likeness (QED) is 0.461. The van der Waals surface area contributed by atoms with Crippen LogP contribution in [0.25, 0.3) is 16.7 Å². The maximum absolute atomic E-state index is 6.13. The minimum atomic E-state index is -2.08. The zero-order chi connectivity index (χ0) is 19.5. The molecule has 1 aliphatic carbocycles. The Morgan fingerprint density at radius 1 is 0.700 bits per heavy atom. The summed E-state index contributed by atoms with van der Waals surface area (Å²) in [5.74, 6) is 0. The third-order valence-corrected chi connectivity index (χ3v) is 8.92. The van der Waals surface area contributed by atoms with Crippen molar-refractivity contribution in [1.82, 2.24) is 0 Å². The molecular weight excluding hydrogens is 447 g/mol. The molecule has 0 unspecified atom stereocenters. The largest absolute Gasteiger partial charge is 1.00 e. The molecule has 0 heterocycles. The Kier molecular flexibility index (Phi) is 9.16. The van der Waals surface area contributed by atoms with Gasteiger partial charge in [-0.15, -0.1) is 0 Å². The van der Waals surface area contributed by atoms with Gasteiger partial charge in [-0.3, -0.25) is 0 Å².